The van der Waals surface area contributed by atoms with Crippen molar-refractivity contribution in [1.82, 2.24) is 20.3 Å². The number of amides is 2. The van der Waals surface area contributed by atoms with Crippen LogP contribution in [-0.2, 0) is 4.79 Å². The lowest BCUT2D eigenvalue weighted by Gasteiger charge is -2.16. The predicted molar refractivity (Wildman–Crippen MR) is 121 cm³/mol. The van der Waals surface area contributed by atoms with Gasteiger partial charge in [-0.25, -0.2) is 9.97 Å². The van der Waals surface area contributed by atoms with E-state index in [0.29, 0.717) is 22.0 Å². The number of carbonyl (C=O) groups is 2. The first-order valence-electron chi connectivity index (χ1n) is 11.2. The van der Waals surface area contributed by atoms with E-state index in [2.05, 4.69) is 25.6 Å². The molecule has 0 bridgehead atoms. The van der Waals surface area contributed by atoms with Crippen molar-refractivity contribution in [2.45, 2.75) is 12.8 Å². The SMILES string of the molecule is [2H]C([2H])([2H])NC(=O)c1cnc(NC(=O)C2CC2)cc1Nc1nccc(-c2ccc(Cl)cn2)c1OC. The number of hydrogen-bond donors (Lipinski definition) is 3. The van der Waals surface area contributed by atoms with Crippen LogP contribution < -0.4 is 20.7 Å². The Hall–Kier alpha value is -3.72. The van der Waals surface area contributed by atoms with Crippen LogP contribution in [0.15, 0.2) is 42.9 Å². The Balaban J connectivity index is 1.72. The molecule has 1 saturated carbocycles. The van der Waals surface area contributed by atoms with Gasteiger partial charge in [0.1, 0.15) is 5.82 Å². The second-order valence-corrected chi connectivity index (χ2v) is 7.50. The summed E-state index contributed by atoms with van der Waals surface area (Å²) in [6, 6.07) is 6.54. The Kier molecular flexibility index (Phi) is 5.14. The van der Waals surface area contributed by atoms with Gasteiger partial charge < -0.3 is 20.7 Å². The van der Waals surface area contributed by atoms with Gasteiger partial charge in [0.2, 0.25) is 5.91 Å². The van der Waals surface area contributed by atoms with Crippen molar-refractivity contribution in [2.24, 2.45) is 5.92 Å². The molecular formula is C22H21ClN6O3. The third-order valence-electron chi connectivity index (χ3n) is 4.83. The highest BCUT2D eigenvalue weighted by molar-refractivity contribution is 6.30. The first kappa shape index (κ1) is 17.9. The Morgan fingerprint density at radius 2 is 2.03 bits per heavy atom. The highest BCUT2D eigenvalue weighted by Crippen LogP contribution is 2.36. The number of nitrogens with one attached hydrogen (secondary N) is 3. The second kappa shape index (κ2) is 9.19. The minimum atomic E-state index is -2.71. The van der Waals surface area contributed by atoms with E-state index in [9.17, 15) is 9.59 Å². The van der Waals surface area contributed by atoms with E-state index in [1.807, 2.05) is 5.32 Å². The molecule has 0 spiro atoms. The Bertz CT molecular complexity index is 1270. The molecule has 32 heavy (non-hydrogen) atoms. The number of carbonyl (C=O) groups excluding carboxylic acids is 2. The summed E-state index contributed by atoms with van der Waals surface area (Å²) in [5, 5.41) is 8.14. The molecule has 1 aliphatic carbocycles. The lowest BCUT2D eigenvalue weighted by atomic mass is 10.1. The second-order valence-electron chi connectivity index (χ2n) is 7.06. The average molecular weight is 456 g/mol. The van der Waals surface area contributed by atoms with E-state index < -0.39 is 12.9 Å². The molecule has 2 amide bonds. The number of anilines is 3. The van der Waals surface area contributed by atoms with Crippen LogP contribution in [0.1, 0.15) is 27.3 Å². The molecule has 3 aromatic rings. The summed E-state index contributed by atoms with van der Waals surface area (Å²) in [5.41, 5.74) is 1.28. The standard InChI is InChI=1S/C22H21ClN6O3/c1-24-22(31)15-11-27-18(29-21(30)12-3-4-12)9-17(15)28-20-19(32-2)14(7-8-25-20)16-6-5-13(23)10-26-16/h5-12H,3-4H2,1-2H3,(H,24,31)(H2,25,27,28,29,30)/i1D3. The van der Waals surface area contributed by atoms with Gasteiger partial charge >= 0.3 is 0 Å². The highest BCUT2D eigenvalue weighted by Gasteiger charge is 2.30. The van der Waals surface area contributed by atoms with E-state index in [1.165, 1.54) is 31.8 Å². The molecule has 3 heterocycles. The fraction of sp³-hybridized carbons (Fsp3) is 0.227. The van der Waals surface area contributed by atoms with Crippen LogP contribution in [0.25, 0.3) is 11.3 Å². The summed E-state index contributed by atoms with van der Waals surface area (Å²) >= 11 is 5.95. The van der Waals surface area contributed by atoms with Gasteiger partial charge in [0, 0.05) is 47.2 Å². The average Bonchev–Trinajstić information content (AvgIpc) is 3.64. The summed E-state index contributed by atoms with van der Waals surface area (Å²) in [5.74, 6) is -0.356. The van der Waals surface area contributed by atoms with E-state index in [1.54, 1.807) is 18.2 Å². The van der Waals surface area contributed by atoms with Crippen LogP contribution >= 0.6 is 11.6 Å². The first-order chi connectivity index (χ1) is 16.6. The summed E-state index contributed by atoms with van der Waals surface area (Å²) in [6.45, 7) is -2.71. The van der Waals surface area contributed by atoms with Crippen LogP contribution in [0.4, 0.5) is 17.3 Å². The van der Waals surface area contributed by atoms with Crippen LogP contribution in [0.2, 0.25) is 5.02 Å². The number of ether oxygens (including phenoxy) is 1. The van der Waals surface area contributed by atoms with Crippen molar-refractivity contribution in [3.8, 4) is 17.0 Å². The maximum absolute atomic E-state index is 12.7. The van der Waals surface area contributed by atoms with Gasteiger partial charge in [-0.05, 0) is 31.0 Å². The number of aromatic nitrogens is 3. The van der Waals surface area contributed by atoms with Gasteiger partial charge in [-0.3, -0.25) is 14.6 Å². The third-order valence-corrected chi connectivity index (χ3v) is 5.05. The van der Waals surface area contributed by atoms with Gasteiger partial charge in [-0.2, -0.15) is 0 Å². The molecule has 3 aromatic heterocycles. The number of halogens is 1. The van der Waals surface area contributed by atoms with Gasteiger partial charge in [0.15, 0.2) is 11.6 Å². The number of methoxy groups -OCH3 is 1. The number of nitrogens with zero attached hydrogens (tertiary/aromatic N) is 3. The zero-order valence-electron chi connectivity index (χ0n) is 20.0. The third kappa shape index (κ3) is 4.62. The van der Waals surface area contributed by atoms with E-state index in [4.69, 9.17) is 20.5 Å². The molecule has 0 radical (unpaired) electrons. The van der Waals surface area contributed by atoms with E-state index >= 15 is 0 Å². The first-order valence-corrected chi connectivity index (χ1v) is 10.1. The van der Waals surface area contributed by atoms with Crippen molar-refractivity contribution < 1.29 is 18.4 Å². The lowest BCUT2D eigenvalue weighted by molar-refractivity contribution is -0.117. The normalized spacial score (nSPS) is 14.5. The maximum atomic E-state index is 12.7. The molecule has 0 atom stereocenters. The van der Waals surface area contributed by atoms with Crippen molar-refractivity contribution in [2.75, 3.05) is 24.7 Å². The molecule has 0 aliphatic heterocycles. The number of pyridine rings is 3. The molecule has 3 N–H and O–H groups in total. The maximum Gasteiger partial charge on any atom is 0.254 e. The van der Waals surface area contributed by atoms with Crippen LogP contribution in [0, 0.1) is 5.92 Å². The minimum absolute atomic E-state index is 0.0583. The Morgan fingerprint density at radius 3 is 2.72 bits per heavy atom. The zero-order chi connectivity index (χ0) is 25.2. The molecule has 0 saturated heterocycles. The summed E-state index contributed by atoms with van der Waals surface area (Å²) in [7, 11) is 1.46. The van der Waals surface area contributed by atoms with Crippen molar-refractivity contribution >= 4 is 40.7 Å². The predicted octanol–water partition coefficient (Wildman–Crippen LogP) is 3.65. The van der Waals surface area contributed by atoms with E-state index in [0.717, 1.165) is 12.8 Å². The highest BCUT2D eigenvalue weighted by atomic mass is 35.5. The van der Waals surface area contributed by atoms with Crippen molar-refractivity contribution in [3.05, 3.63) is 53.4 Å². The monoisotopic (exact) mass is 455 g/mol. The Labute approximate surface area is 193 Å². The molecule has 0 unspecified atom stereocenters. The molecule has 9 nitrogen and oxygen atoms in total. The molecular weight excluding hydrogens is 432 g/mol. The molecule has 1 aliphatic rings. The zero-order valence-corrected chi connectivity index (χ0v) is 17.7. The van der Waals surface area contributed by atoms with Crippen molar-refractivity contribution in [1.29, 1.82) is 0 Å². The lowest BCUT2D eigenvalue weighted by Crippen LogP contribution is -2.20. The van der Waals surface area contributed by atoms with Gasteiger partial charge in [-0.15, -0.1) is 0 Å². The fourth-order valence-electron chi connectivity index (χ4n) is 3.06. The van der Waals surface area contributed by atoms with Crippen LogP contribution in [0.3, 0.4) is 0 Å². The smallest absolute Gasteiger partial charge is 0.254 e. The molecule has 1 fully saturated rings. The Morgan fingerprint density at radius 1 is 1.19 bits per heavy atom. The molecule has 164 valence electrons. The summed E-state index contributed by atoms with van der Waals surface area (Å²) in [4.78, 5) is 37.6. The van der Waals surface area contributed by atoms with Crippen molar-refractivity contribution in [3.63, 3.8) is 0 Å². The minimum Gasteiger partial charge on any atom is -0.492 e. The quantitative estimate of drug-likeness (QED) is 0.497. The summed E-state index contributed by atoms with van der Waals surface area (Å²) < 4.78 is 27.6. The molecule has 4 rings (SSSR count). The van der Waals surface area contributed by atoms with Crippen LogP contribution in [-0.4, -0.2) is 40.9 Å². The number of hydrogen-bond acceptors (Lipinski definition) is 7. The van der Waals surface area contributed by atoms with E-state index in [-0.39, 0.29) is 34.7 Å². The van der Waals surface area contributed by atoms with Gasteiger partial charge in [-0.1, -0.05) is 11.6 Å². The fourth-order valence-corrected chi connectivity index (χ4v) is 3.17. The largest absolute Gasteiger partial charge is 0.492 e. The molecule has 10 heteroatoms. The van der Waals surface area contributed by atoms with Crippen LogP contribution in [0.5, 0.6) is 5.75 Å². The topological polar surface area (TPSA) is 118 Å². The van der Waals surface area contributed by atoms with Gasteiger partial charge in [0.05, 0.1) is 29.1 Å². The number of rotatable bonds is 7. The summed E-state index contributed by atoms with van der Waals surface area (Å²) in [6.07, 6.45) is 5.82. The molecule has 0 aromatic carbocycles. The van der Waals surface area contributed by atoms with Gasteiger partial charge in [0.25, 0.3) is 5.91 Å².